The molecule has 1 aliphatic rings. The fraction of sp³-hybridized carbons (Fsp3) is 0.500. The Morgan fingerprint density at radius 2 is 2.21 bits per heavy atom. The van der Waals surface area contributed by atoms with Crippen molar-refractivity contribution in [3.05, 3.63) is 23.8 Å². The molecule has 0 bridgehead atoms. The molecule has 1 atom stereocenters. The van der Waals surface area contributed by atoms with E-state index >= 15 is 0 Å². The second-order valence-electron chi connectivity index (χ2n) is 4.51. The lowest BCUT2D eigenvalue weighted by atomic mass is 10.0. The van der Waals surface area contributed by atoms with Gasteiger partial charge in [0, 0.05) is 20.0 Å². The smallest absolute Gasteiger partial charge is 0.161 e. The van der Waals surface area contributed by atoms with Gasteiger partial charge >= 0.3 is 0 Å². The molecule has 0 spiro atoms. The van der Waals surface area contributed by atoms with Gasteiger partial charge in [-0.1, -0.05) is 6.07 Å². The lowest BCUT2D eigenvalue weighted by Crippen LogP contribution is -2.15. The van der Waals surface area contributed by atoms with Crippen LogP contribution in [-0.4, -0.2) is 38.0 Å². The van der Waals surface area contributed by atoms with E-state index in [1.165, 1.54) is 5.56 Å². The Hall–Kier alpha value is -1.75. The molecule has 104 valence electrons. The number of nitrogens with zero attached hydrogens (tertiary/aromatic N) is 2. The summed E-state index contributed by atoms with van der Waals surface area (Å²) in [7, 11) is 3.62. The van der Waals surface area contributed by atoms with Crippen LogP contribution in [-0.2, 0) is 0 Å². The zero-order valence-electron chi connectivity index (χ0n) is 11.7. The molecule has 19 heavy (non-hydrogen) atoms. The molecule has 0 radical (unpaired) electrons. The highest BCUT2D eigenvalue weighted by molar-refractivity contribution is 5.88. The number of hydrazone groups is 1. The molecule has 2 N–H and O–H groups in total. The van der Waals surface area contributed by atoms with Crippen LogP contribution < -0.4 is 15.2 Å². The van der Waals surface area contributed by atoms with E-state index in [9.17, 15) is 0 Å². The highest BCUT2D eigenvalue weighted by Crippen LogP contribution is 2.35. The second-order valence-corrected chi connectivity index (χ2v) is 4.51. The maximum Gasteiger partial charge on any atom is 0.161 e. The first-order valence-corrected chi connectivity index (χ1v) is 6.49. The summed E-state index contributed by atoms with van der Waals surface area (Å²) in [6.07, 6.45) is 0.866. The van der Waals surface area contributed by atoms with E-state index in [0.717, 1.165) is 23.6 Å². The normalized spacial score (nSPS) is 18.4. The van der Waals surface area contributed by atoms with Crippen molar-refractivity contribution in [3.63, 3.8) is 0 Å². The maximum atomic E-state index is 5.66. The van der Waals surface area contributed by atoms with Crippen LogP contribution in [0.25, 0.3) is 0 Å². The third-order valence-electron chi connectivity index (χ3n) is 3.29. The quantitative estimate of drug-likeness (QED) is 0.879. The average Bonchev–Trinajstić information content (AvgIpc) is 2.80. The molecule has 5 heteroatoms. The number of methoxy groups -OCH3 is 1. The minimum Gasteiger partial charge on any atom is -0.493 e. The fourth-order valence-electron chi connectivity index (χ4n) is 2.32. The van der Waals surface area contributed by atoms with Gasteiger partial charge in [0.1, 0.15) is 0 Å². The Morgan fingerprint density at radius 1 is 1.42 bits per heavy atom. The number of rotatable bonds is 5. The molecule has 1 aromatic rings. The van der Waals surface area contributed by atoms with Crippen LogP contribution in [0.1, 0.15) is 24.9 Å². The topological polar surface area (TPSA) is 60.1 Å². The summed E-state index contributed by atoms with van der Waals surface area (Å²) in [5, 5.41) is 6.39. The molecular formula is C14H21N3O2. The molecule has 0 saturated carbocycles. The average molecular weight is 263 g/mol. The predicted molar refractivity (Wildman–Crippen MR) is 75.8 cm³/mol. The Kier molecular flexibility index (Phi) is 4.27. The standard InChI is InChI=1S/C14H21N3O2/c1-4-19-14-7-10(5-6-13(14)18-3)12-8-11(9-15)16-17(12)2/h5-7,12H,4,8-9,15H2,1-3H3. The molecule has 0 aromatic heterocycles. The number of hydrogen-bond donors (Lipinski definition) is 1. The van der Waals surface area contributed by atoms with Crippen molar-refractivity contribution < 1.29 is 9.47 Å². The van der Waals surface area contributed by atoms with Gasteiger partial charge in [-0.15, -0.1) is 0 Å². The Bertz CT molecular complexity index is 474. The van der Waals surface area contributed by atoms with Crippen LogP contribution in [0.2, 0.25) is 0 Å². The molecule has 0 amide bonds. The van der Waals surface area contributed by atoms with Gasteiger partial charge in [0.25, 0.3) is 0 Å². The van der Waals surface area contributed by atoms with Crippen LogP contribution >= 0.6 is 0 Å². The summed E-state index contributed by atoms with van der Waals surface area (Å²) < 4.78 is 10.9. The SMILES string of the molecule is CCOc1cc(C2CC(CN)=NN2C)ccc1OC. The minimum atomic E-state index is 0.226. The summed E-state index contributed by atoms with van der Waals surface area (Å²) in [4.78, 5) is 0. The maximum absolute atomic E-state index is 5.66. The molecule has 1 aromatic carbocycles. The molecule has 5 nitrogen and oxygen atoms in total. The van der Waals surface area contributed by atoms with E-state index in [2.05, 4.69) is 11.2 Å². The molecule has 1 heterocycles. The van der Waals surface area contributed by atoms with Crippen LogP contribution in [0.5, 0.6) is 11.5 Å². The lowest BCUT2D eigenvalue weighted by Gasteiger charge is -2.20. The van der Waals surface area contributed by atoms with E-state index in [-0.39, 0.29) is 6.04 Å². The van der Waals surface area contributed by atoms with E-state index in [4.69, 9.17) is 15.2 Å². The van der Waals surface area contributed by atoms with Gasteiger partial charge in [-0.05, 0) is 24.6 Å². The van der Waals surface area contributed by atoms with Crippen molar-refractivity contribution in [1.82, 2.24) is 5.01 Å². The molecular weight excluding hydrogens is 242 g/mol. The molecule has 0 fully saturated rings. The zero-order chi connectivity index (χ0) is 13.8. The largest absolute Gasteiger partial charge is 0.493 e. The molecule has 1 unspecified atom stereocenters. The summed E-state index contributed by atoms with van der Waals surface area (Å²) in [6.45, 7) is 3.09. The van der Waals surface area contributed by atoms with Crippen LogP contribution in [0.15, 0.2) is 23.3 Å². The van der Waals surface area contributed by atoms with Crippen LogP contribution in [0, 0.1) is 0 Å². The monoisotopic (exact) mass is 263 g/mol. The van der Waals surface area contributed by atoms with Gasteiger partial charge < -0.3 is 15.2 Å². The third-order valence-corrected chi connectivity index (χ3v) is 3.29. The van der Waals surface area contributed by atoms with E-state index in [1.807, 2.05) is 31.1 Å². The zero-order valence-corrected chi connectivity index (χ0v) is 11.7. The van der Waals surface area contributed by atoms with Gasteiger partial charge in [-0.25, -0.2) is 0 Å². The van der Waals surface area contributed by atoms with Crippen LogP contribution in [0.4, 0.5) is 0 Å². The number of benzene rings is 1. The minimum absolute atomic E-state index is 0.226. The third kappa shape index (κ3) is 2.81. The van der Waals surface area contributed by atoms with E-state index in [1.54, 1.807) is 7.11 Å². The van der Waals surface area contributed by atoms with Gasteiger partial charge in [0.05, 0.1) is 25.5 Å². The summed E-state index contributed by atoms with van der Waals surface area (Å²) in [5.41, 5.74) is 7.85. The van der Waals surface area contributed by atoms with Crippen molar-refractivity contribution in [2.24, 2.45) is 10.8 Å². The fourth-order valence-corrected chi connectivity index (χ4v) is 2.32. The van der Waals surface area contributed by atoms with Gasteiger partial charge in [0.15, 0.2) is 11.5 Å². The predicted octanol–water partition coefficient (Wildman–Crippen LogP) is 1.79. The van der Waals surface area contributed by atoms with Crippen molar-refractivity contribution in [2.45, 2.75) is 19.4 Å². The first kappa shape index (κ1) is 13.7. The van der Waals surface area contributed by atoms with Gasteiger partial charge in [-0.2, -0.15) is 5.10 Å². The second kappa shape index (κ2) is 5.93. The molecule has 0 aliphatic carbocycles. The Balaban J connectivity index is 2.24. The molecule has 0 saturated heterocycles. The van der Waals surface area contributed by atoms with Crippen molar-refractivity contribution in [1.29, 1.82) is 0 Å². The van der Waals surface area contributed by atoms with E-state index < -0.39 is 0 Å². The van der Waals surface area contributed by atoms with Crippen molar-refractivity contribution >= 4 is 5.71 Å². The van der Waals surface area contributed by atoms with Crippen LogP contribution in [0.3, 0.4) is 0 Å². The van der Waals surface area contributed by atoms with Crippen molar-refractivity contribution in [2.75, 3.05) is 27.3 Å². The number of hydrogen-bond acceptors (Lipinski definition) is 5. The highest BCUT2D eigenvalue weighted by atomic mass is 16.5. The van der Waals surface area contributed by atoms with E-state index in [0.29, 0.717) is 13.2 Å². The first-order valence-electron chi connectivity index (χ1n) is 6.49. The van der Waals surface area contributed by atoms with Gasteiger partial charge in [-0.3, -0.25) is 5.01 Å². The summed E-state index contributed by atoms with van der Waals surface area (Å²) in [5.74, 6) is 1.53. The first-order chi connectivity index (χ1) is 9.19. The summed E-state index contributed by atoms with van der Waals surface area (Å²) >= 11 is 0. The lowest BCUT2D eigenvalue weighted by molar-refractivity contribution is 0.284. The van der Waals surface area contributed by atoms with Crippen molar-refractivity contribution in [3.8, 4) is 11.5 Å². The number of nitrogens with two attached hydrogens (primary N) is 1. The molecule has 2 rings (SSSR count). The number of ether oxygens (including phenoxy) is 2. The van der Waals surface area contributed by atoms with Gasteiger partial charge in [0.2, 0.25) is 0 Å². The molecule has 1 aliphatic heterocycles. The Morgan fingerprint density at radius 3 is 2.79 bits per heavy atom. The highest BCUT2D eigenvalue weighted by Gasteiger charge is 2.25. The summed E-state index contributed by atoms with van der Waals surface area (Å²) in [6, 6.07) is 6.24. The Labute approximate surface area is 114 Å².